The number of thioether (sulfide) groups is 1. The highest BCUT2D eigenvalue weighted by Gasteiger charge is 2.32. The zero-order valence-corrected chi connectivity index (χ0v) is 11.1. The van der Waals surface area contributed by atoms with Crippen LogP contribution in [0.4, 0.5) is 0 Å². The summed E-state index contributed by atoms with van der Waals surface area (Å²) in [5.41, 5.74) is -0.865. The van der Waals surface area contributed by atoms with E-state index in [4.69, 9.17) is 10.2 Å². The van der Waals surface area contributed by atoms with Gasteiger partial charge in [0.05, 0.1) is 0 Å². The molecule has 0 fully saturated rings. The van der Waals surface area contributed by atoms with Crippen molar-refractivity contribution < 1.29 is 15.0 Å². The minimum absolute atomic E-state index is 0.152. The Balaban J connectivity index is 4.07. The van der Waals surface area contributed by atoms with Crippen molar-refractivity contribution in [1.82, 2.24) is 5.32 Å². The van der Waals surface area contributed by atoms with Crippen LogP contribution in [0.3, 0.4) is 0 Å². The summed E-state index contributed by atoms with van der Waals surface area (Å²) in [6.45, 7) is 6.53. The molecular weight excluding hydrogens is 226 g/mol. The van der Waals surface area contributed by atoms with E-state index in [-0.39, 0.29) is 12.5 Å². The van der Waals surface area contributed by atoms with E-state index in [0.29, 0.717) is 12.3 Å². The monoisotopic (exact) mass is 249 g/mol. The molecule has 0 spiro atoms. The van der Waals surface area contributed by atoms with Gasteiger partial charge >= 0.3 is 5.97 Å². The van der Waals surface area contributed by atoms with Gasteiger partial charge in [-0.05, 0) is 31.6 Å². The molecule has 0 bridgehead atoms. The van der Waals surface area contributed by atoms with Crippen LogP contribution in [0, 0.1) is 5.92 Å². The highest BCUT2D eigenvalue weighted by molar-refractivity contribution is 7.99. The first kappa shape index (κ1) is 15.7. The first-order chi connectivity index (χ1) is 7.46. The Morgan fingerprint density at radius 1 is 1.56 bits per heavy atom. The minimum atomic E-state index is -0.865. The third-order valence-electron chi connectivity index (χ3n) is 2.34. The zero-order chi connectivity index (χ0) is 12.6. The van der Waals surface area contributed by atoms with E-state index in [1.807, 2.05) is 13.8 Å². The number of hydrogen-bond acceptors (Lipinski definition) is 4. The second-order valence-electron chi connectivity index (χ2n) is 4.37. The van der Waals surface area contributed by atoms with Crippen molar-refractivity contribution in [2.24, 2.45) is 5.92 Å². The van der Waals surface area contributed by atoms with Gasteiger partial charge in [-0.15, -0.1) is 0 Å². The number of rotatable bonds is 9. The van der Waals surface area contributed by atoms with Crippen LogP contribution >= 0.6 is 11.8 Å². The number of carboxylic acids is 1. The molecule has 0 saturated heterocycles. The van der Waals surface area contributed by atoms with E-state index in [2.05, 4.69) is 5.32 Å². The fourth-order valence-electron chi connectivity index (χ4n) is 1.11. The van der Waals surface area contributed by atoms with Crippen molar-refractivity contribution in [1.29, 1.82) is 0 Å². The molecule has 0 aliphatic heterocycles. The third kappa shape index (κ3) is 5.72. The highest BCUT2D eigenvalue weighted by Crippen LogP contribution is 2.16. The van der Waals surface area contributed by atoms with E-state index in [1.165, 1.54) is 0 Å². The van der Waals surface area contributed by atoms with Crippen LogP contribution in [0.2, 0.25) is 0 Å². The molecule has 0 radical (unpaired) electrons. The van der Waals surface area contributed by atoms with Gasteiger partial charge in [0.1, 0.15) is 5.54 Å². The first-order valence-corrected chi connectivity index (χ1v) is 6.78. The van der Waals surface area contributed by atoms with Crippen molar-refractivity contribution in [3.8, 4) is 0 Å². The van der Waals surface area contributed by atoms with Crippen LogP contribution in [0.15, 0.2) is 0 Å². The van der Waals surface area contributed by atoms with Gasteiger partial charge in [0.2, 0.25) is 0 Å². The fourth-order valence-corrected chi connectivity index (χ4v) is 2.37. The molecule has 4 nitrogen and oxygen atoms in total. The summed E-state index contributed by atoms with van der Waals surface area (Å²) in [5.74, 6) is 0.708. The Hall–Kier alpha value is -0.260. The average Bonchev–Trinajstić information content (AvgIpc) is 2.25. The smallest absolute Gasteiger partial charge is 0.324 e. The van der Waals surface area contributed by atoms with E-state index >= 15 is 0 Å². The maximum Gasteiger partial charge on any atom is 0.324 e. The van der Waals surface area contributed by atoms with Crippen molar-refractivity contribution in [2.75, 3.05) is 24.7 Å². The maximum atomic E-state index is 11.1. The molecule has 5 heteroatoms. The number of carbonyl (C=O) groups is 1. The van der Waals surface area contributed by atoms with Gasteiger partial charge in [-0.3, -0.25) is 4.79 Å². The summed E-state index contributed by atoms with van der Waals surface area (Å²) in [5, 5.41) is 21.1. The SMILES string of the molecule is CCCNC(C)(CSCC(C)CO)C(=O)O. The number of aliphatic hydroxyl groups excluding tert-OH is 1. The number of nitrogens with one attached hydrogen (secondary N) is 1. The van der Waals surface area contributed by atoms with Crippen LogP contribution in [-0.2, 0) is 4.79 Å². The molecule has 2 atom stereocenters. The Morgan fingerprint density at radius 3 is 2.62 bits per heavy atom. The van der Waals surface area contributed by atoms with E-state index < -0.39 is 11.5 Å². The minimum Gasteiger partial charge on any atom is -0.480 e. The van der Waals surface area contributed by atoms with E-state index in [0.717, 1.165) is 12.2 Å². The summed E-state index contributed by atoms with van der Waals surface area (Å²) in [7, 11) is 0. The molecule has 0 heterocycles. The third-order valence-corrected chi connectivity index (χ3v) is 3.93. The predicted molar refractivity (Wildman–Crippen MR) is 67.9 cm³/mol. The fraction of sp³-hybridized carbons (Fsp3) is 0.909. The molecular formula is C11H23NO3S. The Kier molecular flexibility index (Phi) is 7.80. The topological polar surface area (TPSA) is 69.6 Å². The lowest BCUT2D eigenvalue weighted by Gasteiger charge is -2.26. The number of aliphatic hydroxyl groups is 1. The summed E-state index contributed by atoms with van der Waals surface area (Å²) < 4.78 is 0. The summed E-state index contributed by atoms with van der Waals surface area (Å²) in [6, 6.07) is 0. The van der Waals surface area contributed by atoms with Crippen molar-refractivity contribution >= 4 is 17.7 Å². The Labute approximate surface area is 102 Å². The van der Waals surface area contributed by atoms with Crippen LogP contribution in [0.25, 0.3) is 0 Å². The maximum absolute atomic E-state index is 11.1. The molecule has 0 aliphatic carbocycles. The van der Waals surface area contributed by atoms with Crippen molar-refractivity contribution in [3.63, 3.8) is 0 Å². The number of carboxylic acid groups (broad SMARTS) is 1. The number of aliphatic carboxylic acids is 1. The zero-order valence-electron chi connectivity index (χ0n) is 10.3. The predicted octanol–water partition coefficient (Wildman–Crippen LogP) is 1.19. The first-order valence-electron chi connectivity index (χ1n) is 5.63. The van der Waals surface area contributed by atoms with Gasteiger partial charge in [0, 0.05) is 12.4 Å². The molecule has 0 aliphatic rings. The van der Waals surface area contributed by atoms with Gasteiger partial charge in [0.15, 0.2) is 0 Å². The van der Waals surface area contributed by atoms with Crippen LogP contribution in [0.1, 0.15) is 27.2 Å². The van der Waals surface area contributed by atoms with E-state index in [9.17, 15) is 4.79 Å². The van der Waals surface area contributed by atoms with Gasteiger partial charge in [-0.1, -0.05) is 13.8 Å². The molecule has 0 aromatic rings. The molecule has 0 aromatic heterocycles. The van der Waals surface area contributed by atoms with Crippen LogP contribution in [-0.4, -0.2) is 46.4 Å². The van der Waals surface area contributed by atoms with E-state index in [1.54, 1.807) is 18.7 Å². The lowest BCUT2D eigenvalue weighted by Crippen LogP contribution is -2.52. The number of hydrogen-bond donors (Lipinski definition) is 3. The van der Waals surface area contributed by atoms with Gasteiger partial charge in [-0.2, -0.15) is 11.8 Å². The largest absolute Gasteiger partial charge is 0.480 e. The highest BCUT2D eigenvalue weighted by atomic mass is 32.2. The molecule has 0 aromatic carbocycles. The lowest BCUT2D eigenvalue weighted by molar-refractivity contribution is -0.143. The second kappa shape index (κ2) is 7.92. The molecule has 0 saturated carbocycles. The standard InChI is InChI=1S/C11H23NO3S/c1-4-5-12-11(3,10(14)15)8-16-7-9(2)6-13/h9,12-13H,4-8H2,1-3H3,(H,14,15). The van der Waals surface area contributed by atoms with Crippen LogP contribution in [0.5, 0.6) is 0 Å². The Bertz CT molecular complexity index is 213. The average molecular weight is 249 g/mol. The molecule has 0 amide bonds. The molecule has 16 heavy (non-hydrogen) atoms. The lowest BCUT2D eigenvalue weighted by atomic mass is 10.1. The molecule has 2 unspecified atom stereocenters. The molecule has 96 valence electrons. The van der Waals surface area contributed by atoms with Gasteiger partial charge in [0.25, 0.3) is 0 Å². The van der Waals surface area contributed by atoms with Crippen LogP contribution < -0.4 is 5.32 Å². The van der Waals surface area contributed by atoms with Gasteiger partial charge in [-0.25, -0.2) is 0 Å². The summed E-state index contributed by atoms with van der Waals surface area (Å²) in [4.78, 5) is 11.1. The quantitative estimate of drug-likeness (QED) is 0.572. The Morgan fingerprint density at radius 2 is 2.19 bits per heavy atom. The van der Waals surface area contributed by atoms with Crippen molar-refractivity contribution in [3.05, 3.63) is 0 Å². The molecule has 0 rings (SSSR count). The summed E-state index contributed by atoms with van der Waals surface area (Å²) >= 11 is 1.57. The normalized spacial score (nSPS) is 16.8. The molecule has 3 N–H and O–H groups in total. The van der Waals surface area contributed by atoms with Crippen molar-refractivity contribution in [2.45, 2.75) is 32.7 Å². The summed E-state index contributed by atoms with van der Waals surface area (Å²) in [6.07, 6.45) is 0.917. The second-order valence-corrected chi connectivity index (χ2v) is 5.40. The van der Waals surface area contributed by atoms with Gasteiger partial charge < -0.3 is 15.5 Å².